The van der Waals surface area contributed by atoms with Crippen LogP contribution in [0.1, 0.15) is 123 Å². The highest BCUT2D eigenvalue weighted by atomic mass is 16.5. The fraction of sp³-hybridized carbons (Fsp3) is 0.638. The molecule has 1 aromatic carbocycles. The van der Waals surface area contributed by atoms with Crippen molar-refractivity contribution in [3.05, 3.63) is 29.8 Å². The van der Waals surface area contributed by atoms with E-state index in [-0.39, 0.29) is 62.3 Å². The number of guanidine groups is 1. The van der Waals surface area contributed by atoms with E-state index < -0.39 is 138 Å². The molecule has 2 aliphatic heterocycles. The van der Waals surface area contributed by atoms with Gasteiger partial charge in [0.15, 0.2) is 11.7 Å². The quantitative estimate of drug-likeness (QED) is 0.0202. The molecular formula is C47H73N11O13. The molecule has 1 aromatic rings. The number of aliphatic carboxylic acids is 1. The number of aliphatic hydroxyl groups excluding tert-OH is 1. The Bertz CT molecular complexity index is 2130. The molecule has 13 N–H and O–H groups in total. The van der Waals surface area contributed by atoms with E-state index in [1.54, 1.807) is 39.8 Å². The van der Waals surface area contributed by atoms with E-state index >= 15 is 0 Å². The molecule has 2 heterocycles. The van der Waals surface area contributed by atoms with Gasteiger partial charge in [-0.05, 0) is 63.0 Å². The van der Waals surface area contributed by atoms with Crippen molar-refractivity contribution >= 4 is 70.7 Å². The second-order valence-corrected chi connectivity index (χ2v) is 18.4. The minimum atomic E-state index is -1.91. The molecule has 2 bridgehead atoms. The second kappa shape index (κ2) is 27.5. The Hall–Kier alpha value is -6.85. The van der Waals surface area contributed by atoms with Gasteiger partial charge in [-0.2, -0.15) is 0 Å². The molecule has 2 aliphatic rings. The lowest BCUT2D eigenvalue weighted by molar-refractivity contribution is -0.168. The lowest BCUT2D eigenvalue weighted by Gasteiger charge is -2.44. The van der Waals surface area contributed by atoms with E-state index in [0.29, 0.717) is 12.8 Å². The largest absolute Gasteiger partial charge is 0.481 e. The molecule has 10 unspecified atom stereocenters. The Labute approximate surface area is 413 Å². The third kappa shape index (κ3) is 16.6. The molecule has 71 heavy (non-hydrogen) atoms. The number of amides is 7. The number of likely N-dealkylation sites (N-methyl/N-ethyl adjacent to an activating group) is 1. The normalized spacial score (nSPS) is 24.7. The number of benzene rings is 1. The maximum Gasteiger partial charge on any atom is 0.329 e. The van der Waals surface area contributed by atoms with Crippen molar-refractivity contribution < 1.29 is 62.9 Å². The first-order valence-corrected chi connectivity index (χ1v) is 24.1. The number of nitrogen functional groups attached to an aromatic ring is 1. The Morgan fingerprint density at radius 2 is 1.59 bits per heavy atom. The number of anilines is 1. The number of fused-ring (bicyclic) bond motifs is 2. The van der Waals surface area contributed by atoms with Crippen LogP contribution in [0.25, 0.3) is 0 Å². The van der Waals surface area contributed by atoms with Crippen LogP contribution in [0.15, 0.2) is 29.3 Å². The third-order valence-electron chi connectivity index (χ3n) is 12.6. The van der Waals surface area contributed by atoms with E-state index in [1.165, 1.54) is 26.1 Å². The third-order valence-corrected chi connectivity index (χ3v) is 12.6. The van der Waals surface area contributed by atoms with Gasteiger partial charge in [0.2, 0.25) is 41.4 Å². The number of Topliss-reactive ketones (excluding diaryl/α,β-unsaturated/α-hetero) is 1. The van der Waals surface area contributed by atoms with E-state index in [4.69, 9.17) is 21.9 Å². The Morgan fingerprint density at radius 3 is 2.20 bits per heavy atom. The summed E-state index contributed by atoms with van der Waals surface area (Å²) in [4.78, 5) is 146. The van der Waals surface area contributed by atoms with Gasteiger partial charge >= 0.3 is 11.9 Å². The standard InChI is InChI=1S/C47H73N11O13/c1-8-10-11-18-34(60)52-31(22-36(62)63)41(65)56-38-26(6)71-46(70)37(24(3)4)55-42(66)32(23-33(59)27-15-12-13-16-28(27)48)57(7)45(69)39(25(5)9-2)58-35(61)20-19-30(44(58)68)54-40(64)29(53-43(38)67)17-14-21-51-47(49)50/h12-13,15-16,24-26,29-32,35,37-39,61H,8-11,14,17-23,48H2,1-7H3,(H,52,60)(H,53,67)(H,54,64)(H,55,66)(H,56,65)(H,62,63)(H4,49,50,51). The summed E-state index contributed by atoms with van der Waals surface area (Å²) >= 11 is 0. The van der Waals surface area contributed by atoms with Crippen LogP contribution in [0, 0.1) is 11.8 Å². The molecule has 0 saturated carbocycles. The summed E-state index contributed by atoms with van der Waals surface area (Å²) in [6.45, 7) is 9.57. The van der Waals surface area contributed by atoms with Crippen molar-refractivity contribution in [1.82, 2.24) is 36.4 Å². The monoisotopic (exact) mass is 1000 g/mol. The number of ketones is 1. The number of carbonyl (C=O) groups excluding carboxylic acids is 9. The number of cyclic esters (lactones) is 1. The summed E-state index contributed by atoms with van der Waals surface area (Å²) in [5.74, 6) is -11.6. The van der Waals surface area contributed by atoms with Crippen LogP contribution in [-0.2, 0) is 47.9 Å². The van der Waals surface area contributed by atoms with Gasteiger partial charge in [-0.3, -0.25) is 48.1 Å². The number of aliphatic hydroxyl groups is 1. The highest BCUT2D eigenvalue weighted by Gasteiger charge is 2.47. The zero-order valence-corrected chi connectivity index (χ0v) is 41.6. The van der Waals surface area contributed by atoms with E-state index in [0.717, 1.165) is 16.2 Å². The van der Waals surface area contributed by atoms with Gasteiger partial charge in [-0.1, -0.05) is 66.0 Å². The topological polar surface area (TPSA) is 377 Å². The summed E-state index contributed by atoms with van der Waals surface area (Å²) in [5.41, 5.74) is 17.3. The van der Waals surface area contributed by atoms with Gasteiger partial charge in [-0.15, -0.1) is 0 Å². The molecule has 3 rings (SSSR count). The molecule has 2 fully saturated rings. The van der Waals surface area contributed by atoms with Crippen LogP contribution < -0.4 is 43.8 Å². The minimum absolute atomic E-state index is 0.0207. The van der Waals surface area contributed by atoms with Crippen molar-refractivity contribution in [2.24, 2.45) is 28.3 Å². The maximum absolute atomic E-state index is 14.9. The molecule has 24 heteroatoms. The van der Waals surface area contributed by atoms with Crippen LogP contribution in [0.5, 0.6) is 0 Å². The van der Waals surface area contributed by atoms with Crippen molar-refractivity contribution in [3.8, 4) is 0 Å². The minimum Gasteiger partial charge on any atom is -0.481 e. The van der Waals surface area contributed by atoms with Gasteiger partial charge < -0.3 is 68.5 Å². The van der Waals surface area contributed by atoms with Crippen molar-refractivity contribution in [1.29, 1.82) is 0 Å². The lowest BCUT2D eigenvalue weighted by atomic mass is 9.91. The van der Waals surface area contributed by atoms with Crippen molar-refractivity contribution in [2.75, 3.05) is 19.3 Å². The maximum atomic E-state index is 14.9. The highest BCUT2D eigenvalue weighted by molar-refractivity contribution is 6.05. The molecular weight excluding hydrogens is 927 g/mol. The smallest absolute Gasteiger partial charge is 0.329 e. The number of nitrogens with two attached hydrogens (primary N) is 3. The predicted molar refractivity (Wildman–Crippen MR) is 258 cm³/mol. The first kappa shape index (κ1) is 58.5. The Morgan fingerprint density at radius 1 is 0.915 bits per heavy atom. The molecule has 0 aliphatic carbocycles. The zero-order chi connectivity index (χ0) is 53.3. The second-order valence-electron chi connectivity index (χ2n) is 18.4. The van der Waals surface area contributed by atoms with Crippen molar-refractivity contribution in [3.63, 3.8) is 0 Å². The number of esters is 1. The zero-order valence-electron chi connectivity index (χ0n) is 41.6. The first-order chi connectivity index (χ1) is 33.4. The molecule has 0 spiro atoms. The number of hydrogen-bond acceptors (Lipinski definition) is 14. The Balaban J connectivity index is 2.26. The summed E-state index contributed by atoms with van der Waals surface area (Å²) in [5, 5.41) is 33.7. The molecule has 394 valence electrons. The number of hydrogen-bond donors (Lipinski definition) is 10. The SMILES string of the molecule is CCCCCC(=O)NC(CC(=O)O)C(=O)NC1C(=O)NC(CCCN=C(N)N)C(=O)NC2CCC(O)N(C2=O)C(C(C)CC)C(=O)N(C)C(CC(=O)c2ccccc2N)C(=O)NC(C(C)C)C(=O)OC1C. The molecule has 24 nitrogen and oxygen atoms in total. The molecule has 0 aromatic heterocycles. The summed E-state index contributed by atoms with van der Waals surface area (Å²) in [6, 6.07) is -5.17. The molecule has 0 radical (unpaired) electrons. The fourth-order valence-corrected chi connectivity index (χ4v) is 8.24. The fourth-order valence-electron chi connectivity index (χ4n) is 8.24. The number of piperidine rings is 1. The van der Waals surface area contributed by atoms with Gasteiger partial charge in [0, 0.05) is 37.7 Å². The first-order valence-electron chi connectivity index (χ1n) is 24.1. The van der Waals surface area contributed by atoms with Gasteiger partial charge in [0.05, 0.1) is 6.42 Å². The predicted octanol–water partition coefficient (Wildman–Crippen LogP) is -0.842. The van der Waals surface area contributed by atoms with E-state index in [9.17, 15) is 58.2 Å². The van der Waals surface area contributed by atoms with Gasteiger partial charge in [0.1, 0.15) is 54.6 Å². The summed E-state index contributed by atoms with van der Waals surface area (Å²) in [6.07, 6.45) is -3.03. The molecule has 2 saturated heterocycles. The number of carbonyl (C=O) groups is 10. The highest BCUT2D eigenvalue weighted by Crippen LogP contribution is 2.28. The summed E-state index contributed by atoms with van der Waals surface area (Å²) in [7, 11) is 1.24. The summed E-state index contributed by atoms with van der Waals surface area (Å²) < 4.78 is 5.79. The molecule has 10 atom stereocenters. The van der Waals surface area contributed by atoms with Gasteiger partial charge in [0.25, 0.3) is 0 Å². The number of ether oxygens (including phenoxy) is 1. The molecule has 7 amide bonds. The number of carboxylic acids is 1. The number of carboxylic acid groups (broad SMARTS) is 1. The van der Waals surface area contributed by atoms with Gasteiger partial charge in [-0.25, -0.2) is 4.79 Å². The number of nitrogens with one attached hydrogen (secondary N) is 5. The lowest BCUT2D eigenvalue weighted by Crippen LogP contribution is -2.66. The van der Waals surface area contributed by atoms with Crippen molar-refractivity contribution in [2.45, 2.75) is 167 Å². The van der Waals surface area contributed by atoms with E-state index in [2.05, 4.69) is 31.6 Å². The van der Waals surface area contributed by atoms with E-state index in [1.807, 2.05) is 6.92 Å². The van der Waals surface area contributed by atoms with Crippen LogP contribution in [0.3, 0.4) is 0 Å². The van der Waals surface area contributed by atoms with Crippen LogP contribution >= 0.6 is 0 Å². The van der Waals surface area contributed by atoms with Crippen LogP contribution in [0.2, 0.25) is 0 Å². The number of nitrogens with zero attached hydrogens (tertiary/aromatic N) is 3. The number of rotatable bonds is 19. The average molecular weight is 1000 g/mol. The van der Waals surface area contributed by atoms with Crippen LogP contribution in [0.4, 0.5) is 5.69 Å². The average Bonchev–Trinajstić information content (AvgIpc) is 3.30. The number of aliphatic imine (C=N–C) groups is 1. The number of para-hydroxylation sites is 1. The Kier molecular flexibility index (Phi) is 22.7. The van der Waals surface area contributed by atoms with Crippen LogP contribution in [-0.4, -0.2) is 153 Å². The number of unbranched alkanes of at least 4 members (excludes halogenated alkanes) is 2.